The second-order valence-corrected chi connectivity index (χ2v) is 14.8. The number of carbonyl (C=O) groups excluding carboxylic acids is 4. The van der Waals surface area contributed by atoms with E-state index in [1.54, 1.807) is 9.80 Å². The van der Waals surface area contributed by atoms with Crippen LogP contribution in [0.5, 0.6) is 0 Å². The minimum absolute atomic E-state index is 0.0245. The Morgan fingerprint density at radius 3 is 2.19 bits per heavy atom. The quantitative estimate of drug-likeness (QED) is 0.140. The Hall–Kier alpha value is -5.18. The van der Waals surface area contributed by atoms with Gasteiger partial charge >= 0.3 is 18.2 Å². The molecule has 2 saturated heterocycles. The highest BCUT2D eigenvalue weighted by molar-refractivity contribution is 5.90. The molecule has 3 aromatic rings. The number of alkyl halides is 3. The van der Waals surface area contributed by atoms with Crippen LogP contribution in [0.4, 0.5) is 18.0 Å². The highest BCUT2D eigenvalue weighted by Crippen LogP contribution is 2.35. The number of fused-ring (bicyclic) bond motifs is 1. The number of unbranched alkanes of at least 4 members (excludes halogenated alkanes) is 2. The number of nitrogens with one attached hydrogen (secondary N) is 3. The molecule has 5 rings (SSSR count). The summed E-state index contributed by atoms with van der Waals surface area (Å²) in [7, 11) is 0. The van der Waals surface area contributed by atoms with E-state index in [0.717, 1.165) is 41.2 Å². The third-order valence-electron chi connectivity index (χ3n) is 10.4. The standard InChI is InChI=1S/C40H54N6O4.C2HF3O2/c1-2-42-38(49)40(28-30-12-5-3-6-13-30)21-11-23-46(29-40)37(48)35(27-31-17-18-32-14-8-9-15-33(32)26-31)44-39(50)45-24-19-34(20-25-45)43-36(47)16-7-4-10-22-41;3-2(4,5)1(6)7/h3,5-6,8-9,12-15,17-18,26,34-35H,2,4,7,10-11,16,19-25,27-29,41H2,1H3,(H,42,49)(H,43,47)(H,44,50);(H,6,7)/t35-,40+;/m1./s1. The fourth-order valence-corrected chi connectivity index (χ4v) is 7.46. The summed E-state index contributed by atoms with van der Waals surface area (Å²) >= 11 is 0. The van der Waals surface area contributed by atoms with E-state index in [1.807, 2.05) is 67.6 Å². The Balaban J connectivity index is 0.000000940. The molecule has 0 saturated carbocycles. The van der Waals surface area contributed by atoms with E-state index in [4.69, 9.17) is 15.6 Å². The van der Waals surface area contributed by atoms with E-state index in [2.05, 4.69) is 28.1 Å². The number of hydrogen-bond donors (Lipinski definition) is 5. The molecule has 2 fully saturated rings. The fraction of sp³-hybridized carbons (Fsp3) is 0.500. The van der Waals surface area contributed by atoms with Crippen molar-refractivity contribution in [2.24, 2.45) is 11.1 Å². The van der Waals surface area contributed by atoms with E-state index in [1.165, 1.54) is 0 Å². The zero-order valence-electron chi connectivity index (χ0n) is 32.5. The number of carboxylic acid groups (broad SMARTS) is 1. The van der Waals surface area contributed by atoms with Gasteiger partial charge in [-0.05, 0) is 80.3 Å². The van der Waals surface area contributed by atoms with Crippen molar-refractivity contribution in [2.75, 3.05) is 39.3 Å². The number of benzene rings is 3. The van der Waals surface area contributed by atoms with E-state index < -0.39 is 23.6 Å². The Labute approximate surface area is 331 Å². The van der Waals surface area contributed by atoms with Gasteiger partial charge in [-0.15, -0.1) is 0 Å². The molecule has 2 aliphatic heterocycles. The lowest BCUT2D eigenvalue weighted by Crippen LogP contribution is -2.59. The first-order chi connectivity index (χ1) is 27.2. The lowest BCUT2D eigenvalue weighted by Gasteiger charge is -2.43. The van der Waals surface area contributed by atoms with Crippen molar-refractivity contribution in [2.45, 2.75) is 89.4 Å². The number of nitrogens with two attached hydrogens (primary N) is 1. The molecule has 0 radical (unpaired) electrons. The van der Waals surface area contributed by atoms with E-state index >= 15 is 0 Å². The molecule has 2 aliphatic rings. The van der Waals surface area contributed by atoms with Gasteiger partial charge in [0.05, 0.1) is 5.41 Å². The number of nitrogens with zero attached hydrogens (tertiary/aromatic N) is 2. The summed E-state index contributed by atoms with van der Waals surface area (Å²) in [5, 5.41) is 18.6. The molecule has 2 heterocycles. The first-order valence-corrected chi connectivity index (χ1v) is 19.7. The molecule has 310 valence electrons. The molecule has 0 unspecified atom stereocenters. The lowest BCUT2D eigenvalue weighted by molar-refractivity contribution is -0.192. The summed E-state index contributed by atoms with van der Waals surface area (Å²) in [6.45, 7) is 4.85. The average Bonchev–Trinajstić information content (AvgIpc) is 3.19. The summed E-state index contributed by atoms with van der Waals surface area (Å²) < 4.78 is 31.7. The molecule has 57 heavy (non-hydrogen) atoms. The average molecular weight is 797 g/mol. The molecule has 0 aromatic heterocycles. The van der Waals surface area contributed by atoms with E-state index in [0.29, 0.717) is 77.7 Å². The van der Waals surface area contributed by atoms with Crippen LogP contribution in [0, 0.1) is 5.41 Å². The number of rotatable bonds is 14. The molecule has 0 bridgehead atoms. The van der Waals surface area contributed by atoms with Gasteiger partial charge in [-0.1, -0.05) is 79.2 Å². The molecule has 6 N–H and O–H groups in total. The molecular formula is C42H55F3N6O6. The summed E-state index contributed by atoms with van der Waals surface area (Å²) in [5.74, 6) is -2.93. The summed E-state index contributed by atoms with van der Waals surface area (Å²) in [6.07, 6.45) is 1.65. The van der Waals surface area contributed by atoms with Crippen LogP contribution in [0.15, 0.2) is 72.8 Å². The largest absolute Gasteiger partial charge is 0.490 e. The van der Waals surface area contributed by atoms with Gasteiger partial charge in [0.15, 0.2) is 0 Å². The van der Waals surface area contributed by atoms with Crippen molar-refractivity contribution >= 4 is 40.5 Å². The SMILES string of the molecule is CCNC(=O)[C@]1(Cc2ccccc2)CCCN(C(=O)[C@@H](Cc2ccc3ccccc3c2)NC(=O)N2CCC(NC(=O)CCCCCN)CC2)C1.O=C(O)C(F)(F)F. The van der Waals surface area contributed by atoms with Gasteiger partial charge in [0.1, 0.15) is 6.04 Å². The Bertz CT molecular complexity index is 1800. The molecule has 15 heteroatoms. The van der Waals surface area contributed by atoms with Crippen LogP contribution >= 0.6 is 0 Å². The highest BCUT2D eigenvalue weighted by atomic mass is 19.4. The number of halogens is 3. The number of urea groups is 1. The van der Waals surface area contributed by atoms with Crippen molar-refractivity contribution in [1.29, 1.82) is 0 Å². The summed E-state index contributed by atoms with van der Waals surface area (Å²) in [4.78, 5) is 66.8. The van der Waals surface area contributed by atoms with Gasteiger partial charge in [-0.25, -0.2) is 9.59 Å². The van der Waals surface area contributed by atoms with Gasteiger partial charge < -0.3 is 36.6 Å². The third-order valence-corrected chi connectivity index (χ3v) is 10.4. The van der Waals surface area contributed by atoms with Crippen molar-refractivity contribution in [1.82, 2.24) is 25.8 Å². The predicted octanol–water partition coefficient (Wildman–Crippen LogP) is 5.18. The number of hydrogen-bond acceptors (Lipinski definition) is 6. The van der Waals surface area contributed by atoms with Crippen molar-refractivity contribution in [3.8, 4) is 0 Å². The van der Waals surface area contributed by atoms with Crippen molar-refractivity contribution in [3.63, 3.8) is 0 Å². The summed E-state index contributed by atoms with van der Waals surface area (Å²) in [6, 6.07) is 23.1. The second-order valence-electron chi connectivity index (χ2n) is 14.8. The maximum atomic E-state index is 14.5. The first kappa shape index (κ1) is 44.5. The number of carboxylic acids is 1. The molecule has 12 nitrogen and oxygen atoms in total. The van der Waals surface area contributed by atoms with Gasteiger partial charge in [0.25, 0.3) is 0 Å². The van der Waals surface area contributed by atoms with Gasteiger partial charge in [0, 0.05) is 51.6 Å². The smallest absolute Gasteiger partial charge is 0.475 e. The Kier molecular flexibility index (Phi) is 16.7. The van der Waals surface area contributed by atoms with Crippen LogP contribution in [-0.2, 0) is 32.0 Å². The molecule has 0 spiro atoms. The number of piperidine rings is 2. The predicted molar refractivity (Wildman–Crippen MR) is 211 cm³/mol. The maximum Gasteiger partial charge on any atom is 0.490 e. The molecular weight excluding hydrogens is 741 g/mol. The molecule has 5 amide bonds. The van der Waals surface area contributed by atoms with E-state index in [-0.39, 0.29) is 36.3 Å². The third kappa shape index (κ3) is 13.5. The van der Waals surface area contributed by atoms with Crippen LogP contribution in [-0.4, -0.2) is 102 Å². The van der Waals surface area contributed by atoms with Crippen LogP contribution in [0.25, 0.3) is 10.8 Å². The normalized spacial score (nSPS) is 17.8. The maximum absolute atomic E-state index is 14.5. The number of aliphatic carboxylic acids is 1. The number of likely N-dealkylation sites (tertiary alicyclic amines) is 2. The molecule has 0 aliphatic carbocycles. The molecule has 2 atom stereocenters. The van der Waals surface area contributed by atoms with Gasteiger partial charge in [-0.3, -0.25) is 14.4 Å². The highest BCUT2D eigenvalue weighted by Gasteiger charge is 2.44. The fourth-order valence-electron chi connectivity index (χ4n) is 7.46. The van der Waals surface area contributed by atoms with Crippen molar-refractivity contribution in [3.05, 3.63) is 83.9 Å². The monoisotopic (exact) mass is 796 g/mol. The van der Waals surface area contributed by atoms with Crippen LogP contribution in [0.2, 0.25) is 0 Å². The topological polar surface area (TPSA) is 174 Å². The number of carbonyl (C=O) groups is 5. The first-order valence-electron chi connectivity index (χ1n) is 19.7. The van der Waals surface area contributed by atoms with Crippen LogP contribution in [0.3, 0.4) is 0 Å². The zero-order chi connectivity index (χ0) is 41.4. The van der Waals surface area contributed by atoms with Gasteiger partial charge in [0.2, 0.25) is 17.7 Å². The van der Waals surface area contributed by atoms with Crippen LogP contribution in [0.1, 0.15) is 69.4 Å². The van der Waals surface area contributed by atoms with Crippen LogP contribution < -0.4 is 21.7 Å². The Morgan fingerprint density at radius 1 is 0.877 bits per heavy atom. The Morgan fingerprint density at radius 2 is 1.54 bits per heavy atom. The summed E-state index contributed by atoms with van der Waals surface area (Å²) in [5.41, 5.74) is 6.80. The minimum atomic E-state index is -5.08. The number of amides is 5. The molecule has 3 aromatic carbocycles. The minimum Gasteiger partial charge on any atom is -0.475 e. The van der Waals surface area contributed by atoms with Gasteiger partial charge in [-0.2, -0.15) is 13.2 Å². The van der Waals surface area contributed by atoms with E-state index in [9.17, 15) is 32.3 Å². The zero-order valence-corrected chi connectivity index (χ0v) is 32.5. The second kappa shape index (κ2) is 21.4. The lowest BCUT2D eigenvalue weighted by atomic mass is 9.74. The van der Waals surface area contributed by atoms with Crippen molar-refractivity contribution < 1.29 is 42.3 Å².